The number of hydrogen-bond acceptors (Lipinski definition) is 4. The molecule has 0 unspecified atom stereocenters. The topological polar surface area (TPSA) is 71.5 Å². The molecule has 2 atom stereocenters. The van der Waals surface area contributed by atoms with Gasteiger partial charge >= 0.3 is 0 Å². The summed E-state index contributed by atoms with van der Waals surface area (Å²) in [6, 6.07) is 12.0. The fourth-order valence-electron chi connectivity index (χ4n) is 2.88. The zero-order chi connectivity index (χ0) is 16.9. The highest BCUT2D eigenvalue weighted by molar-refractivity contribution is 5.98. The van der Waals surface area contributed by atoms with E-state index in [1.807, 2.05) is 24.3 Å². The summed E-state index contributed by atoms with van der Waals surface area (Å²) in [6.07, 6.45) is 3.49. The van der Waals surface area contributed by atoms with Gasteiger partial charge in [-0.2, -0.15) is 0 Å². The van der Waals surface area contributed by atoms with Crippen molar-refractivity contribution in [3.05, 3.63) is 60.4 Å². The Morgan fingerprint density at radius 3 is 2.67 bits per heavy atom. The minimum Gasteiger partial charge on any atom is -0.487 e. The first kappa shape index (κ1) is 16.0. The molecule has 1 aromatic carbocycles. The number of carbonyl (C=O) groups excluding carboxylic acids is 2. The van der Waals surface area contributed by atoms with Gasteiger partial charge in [0.05, 0.1) is 12.7 Å². The van der Waals surface area contributed by atoms with Gasteiger partial charge in [-0.1, -0.05) is 18.2 Å². The van der Waals surface area contributed by atoms with E-state index < -0.39 is 6.04 Å². The monoisotopic (exact) mass is 325 g/mol. The molecule has 0 spiro atoms. The molecular formula is C18H19N3O3. The first-order valence-corrected chi connectivity index (χ1v) is 7.83. The van der Waals surface area contributed by atoms with Crippen LogP contribution >= 0.6 is 0 Å². The van der Waals surface area contributed by atoms with Crippen LogP contribution in [0.1, 0.15) is 16.8 Å². The van der Waals surface area contributed by atoms with Crippen molar-refractivity contribution < 1.29 is 14.3 Å². The minimum absolute atomic E-state index is 0.165. The van der Waals surface area contributed by atoms with E-state index in [2.05, 4.69) is 10.3 Å². The summed E-state index contributed by atoms with van der Waals surface area (Å²) >= 11 is 0. The zero-order valence-electron chi connectivity index (χ0n) is 13.4. The van der Waals surface area contributed by atoms with Gasteiger partial charge < -0.3 is 15.0 Å². The second kappa shape index (κ2) is 7.12. The Balaban J connectivity index is 1.78. The Kier molecular flexibility index (Phi) is 4.74. The summed E-state index contributed by atoms with van der Waals surface area (Å²) in [6.45, 7) is 0.362. The van der Waals surface area contributed by atoms with Crippen LogP contribution in [0.25, 0.3) is 0 Å². The number of amides is 2. The van der Waals surface area contributed by atoms with Crippen LogP contribution in [0.15, 0.2) is 54.9 Å². The van der Waals surface area contributed by atoms with Gasteiger partial charge in [-0.05, 0) is 24.3 Å². The van der Waals surface area contributed by atoms with Gasteiger partial charge in [0.15, 0.2) is 0 Å². The Morgan fingerprint density at radius 1 is 1.21 bits per heavy atom. The summed E-state index contributed by atoms with van der Waals surface area (Å²) in [5.74, 6) is 0.283. The first-order chi connectivity index (χ1) is 11.7. The van der Waals surface area contributed by atoms with E-state index in [1.165, 1.54) is 0 Å². The second-order valence-electron chi connectivity index (χ2n) is 5.62. The third-order valence-electron chi connectivity index (χ3n) is 4.03. The molecular weight excluding hydrogens is 306 g/mol. The van der Waals surface area contributed by atoms with Crippen LogP contribution in [-0.2, 0) is 4.79 Å². The molecule has 1 N–H and O–H groups in total. The van der Waals surface area contributed by atoms with Gasteiger partial charge in [0.1, 0.15) is 17.9 Å². The van der Waals surface area contributed by atoms with Crippen molar-refractivity contribution in [3.8, 4) is 5.75 Å². The molecule has 3 rings (SSSR count). The number of hydrogen-bond donors (Lipinski definition) is 1. The van der Waals surface area contributed by atoms with Gasteiger partial charge in [0, 0.05) is 25.2 Å². The number of rotatable bonds is 4. The number of nitrogens with zero attached hydrogens (tertiary/aromatic N) is 2. The highest BCUT2D eigenvalue weighted by atomic mass is 16.5. The van der Waals surface area contributed by atoms with Gasteiger partial charge in [-0.3, -0.25) is 14.6 Å². The van der Waals surface area contributed by atoms with Crippen molar-refractivity contribution in [3.63, 3.8) is 0 Å². The lowest BCUT2D eigenvalue weighted by molar-refractivity contribution is -0.124. The molecule has 2 amide bonds. The van der Waals surface area contributed by atoms with E-state index in [0.29, 0.717) is 24.3 Å². The Bertz CT molecular complexity index is 706. The molecule has 0 aliphatic carbocycles. The number of nitrogens with one attached hydrogen (secondary N) is 1. The standard InChI is InChI=1S/C18H19N3O3/c1-19-17(22)16-10-15(24-14-8-5-9-20-11-14)12-21(16)18(23)13-6-3-2-4-7-13/h2-9,11,15-16H,10,12H2,1H3,(H,19,22)/t15-,16+/m0/s1. The number of likely N-dealkylation sites (tertiary alicyclic amines) is 1. The van der Waals surface area contributed by atoms with E-state index in [1.54, 1.807) is 42.5 Å². The third-order valence-corrected chi connectivity index (χ3v) is 4.03. The lowest BCUT2D eigenvalue weighted by Crippen LogP contribution is -2.44. The number of likely N-dealkylation sites (N-methyl/N-ethyl adjacent to an activating group) is 1. The molecule has 1 aromatic heterocycles. The normalized spacial score (nSPS) is 19.8. The number of benzene rings is 1. The molecule has 0 saturated carbocycles. The maximum Gasteiger partial charge on any atom is 0.254 e. The van der Waals surface area contributed by atoms with Crippen molar-refractivity contribution in [1.82, 2.24) is 15.2 Å². The summed E-state index contributed by atoms with van der Waals surface area (Å²) in [4.78, 5) is 30.5. The van der Waals surface area contributed by atoms with Crippen molar-refractivity contribution in [2.24, 2.45) is 0 Å². The predicted molar refractivity (Wildman–Crippen MR) is 88.6 cm³/mol. The second-order valence-corrected chi connectivity index (χ2v) is 5.62. The summed E-state index contributed by atoms with van der Waals surface area (Å²) in [5, 5.41) is 2.63. The number of ether oxygens (including phenoxy) is 1. The molecule has 6 heteroatoms. The maximum atomic E-state index is 12.8. The van der Waals surface area contributed by atoms with Gasteiger partial charge in [0.25, 0.3) is 5.91 Å². The van der Waals surface area contributed by atoms with E-state index >= 15 is 0 Å². The Morgan fingerprint density at radius 2 is 2.00 bits per heavy atom. The SMILES string of the molecule is CNC(=O)[C@H]1C[C@H](Oc2cccnc2)CN1C(=O)c1ccccc1. The van der Waals surface area contributed by atoms with Crippen LogP contribution in [0.2, 0.25) is 0 Å². The third kappa shape index (κ3) is 3.37. The fourth-order valence-corrected chi connectivity index (χ4v) is 2.88. The molecule has 1 aliphatic heterocycles. The molecule has 124 valence electrons. The van der Waals surface area contributed by atoms with E-state index in [0.717, 1.165) is 0 Å². The molecule has 1 aliphatic rings. The highest BCUT2D eigenvalue weighted by Gasteiger charge is 2.40. The summed E-state index contributed by atoms with van der Waals surface area (Å²) in [5.41, 5.74) is 0.563. The van der Waals surface area contributed by atoms with Crippen molar-refractivity contribution in [2.75, 3.05) is 13.6 Å². The summed E-state index contributed by atoms with van der Waals surface area (Å²) < 4.78 is 5.88. The number of aromatic nitrogens is 1. The van der Waals surface area contributed by atoms with Crippen LogP contribution in [0.3, 0.4) is 0 Å². The molecule has 0 bridgehead atoms. The van der Waals surface area contributed by atoms with Crippen LogP contribution in [0, 0.1) is 0 Å². The average molecular weight is 325 g/mol. The van der Waals surface area contributed by atoms with Gasteiger partial charge in [0.2, 0.25) is 5.91 Å². The van der Waals surface area contributed by atoms with Crippen LogP contribution in [0.4, 0.5) is 0 Å². The molecule has 1 saturated heterocycles. The van der Waals surface area contributed by atoms with E-state index in [4.69, 9.17) is 4.74 Å². The van der Waals surface area contributed by atoms with Crippen molar-refractivity contribution >= 4 is 11.8 Å². The lowest BCUT2D eigenvalue weighted by Gasteiger charge is -2.23. The van der Waals surface area contributed by atoms with Crippen LogP contribution in [0.5, 0.6) is 5.75 Å². The van der Waals surface area contributed by atoms with Crippen molar-refractivity contribution in [2.45, 2.75) is 18.6 Å². The maximum absolute atomic E-state index is 12.8. The predicted octanol–water partition coefficient (Wildman–Crippen LogP) is 1.49. The molecule has 2 aromatic rings. The Hall–Kier alpha value is -2.89. The largest absolute Gasteiger partial charge is 0.487 e. The molecule has 6 nitrogen and oxygen atoms in total. The quantitative estimate of drug-likeness (QED) is 0.924. The van der Waals surface area contributed by atoms with Gasteiger partial charge in [-0.25, -0.2) is 0 Å². The minimum atomic E-state index is -0.538. The van der Waals surface area contributed by atoms with E-state index in [9.17, 15) is 9.59 Å². The number of carbonyl (C=O) groups is 2. The molecule has 24 heavy (non-hydrogen) atoms. The molecule has 1 fully saturated rings. The van der Waals surface area contributed by atoms with E-state index in [-0.39, 0.29) is 17.9 Å². The summed E-state index contributed by atoms with van der Waals surface area (Å²) in [7, 11) is 1.57. The van der Waals surface area contributed by atoms with Crippen LogP contribution in [-0.4, -0.2) is 47.4 Å². The van der Waals surface area contributed by atoms with Crippen LogP contribution < -0.4 is 10.1 Å². The van der Waals surface area contributed by atoms with Gasteiger partial charge in [-0.15, -0.1) is 0 Å². The zero-order valence-corrected chi connectivity index (χ0v) is 13.4. The fraction of sp³-hybridized carbons (Fsp3) is 0.278. The average Bonchev–Trinajstić information content (AvgIpc) is 3.05. The molecule has 0 radical (unpaired) electrons. The van der Waals surface area contributed by atoms with Crippen molar-refractivity contribution in [1.29, 1.82) is 0 Å². The molecule has 2 heterocycles. The highest BCUT2D eigenvalue weighted by Crippen LogP contribution is 2.24. The Labute approximate surface area is 140 Å². The smallest absolute Gasteiger partial charge is 0.254 e. The first-order valence-electron chi connectivity index (χ1n) is 7.83. The lowest BCUT2D eigenvalue weighted by atomic mass is 10.1. The number of pyridine rings is 1.